The maximum Gasteiger partial charge on any atom is 0.148 e. The van der Waals surface area contributed by atoms with Gasteiger partial charge in [-0.3, -0.25) is 0 Å². The lowest BCUT2D eigenvalue weighted by Gasteiger charge is -2.24. The molecule has 4 heteroatoms. The molecule has 0 aromatic carbocycles. The molecule has 2 heterocycles. The van der Waals surface area contributed by atoms with Crippen LogP contribution in [-0.2, 0) is 0 Å². The van der Waals surface area contributed by atoms with Crippen molar-refractivity contribution in [2.75, 3.05) is 25.0 Å². The quantitative estimate of drug-likeness (QED) is 0.854. The lowest BCUT2D eigenvalue weighted by molar-refractivity contribution is 0.364. The second-order valence-electron chi connectivity index (χ2n) is 5.90. The molecule has 1 aromatic heterocycles. The van der Waals surface area contributed by atoms with Crippen molar-refractivity contribution in [3.8, 4) is 0 Å². The SMILES string of the molecule is c1cc(C2CCC2)nnc1NCCC1CCCNC1. The van der Waals surface area contributed by atoms with Crippen LogP contribution >= 0.6 is 0 Å². The lowest BCUT2D eigenvalue weighted by Crippen LogP contribution is -2.30. The molecule has 3 rings (SSSR count). The van der Waals surface area contributed by atoms with Crippen molar-refractivity contribution < 1.29 is 0 Å². The van der Waals surface area contributed by atoms with Gasteiger partial charge >= 0.3 is 0 Å². The normalized spacial score (nSPS) is 23.9. The molecule has 1 aromatic rings. The van der Waals surface area contributed by atoms with Crippen LogP contribution in [0.2, 0.25) is 0 Å². The van der Waals surface area contributed by atoms with E-state index in [0.29, 0.717) is 5.92 Å². The monoisotopic (exact) mass is 260 g/mol. The Kier molecular flexibility index (Phi) is 4.28. The van der Waals surface area contributed by atoms with Crippen LogP contribution in [-0.4, -0.2) is 29.8 Å². The molecule has 1 unspecified atom stereocenters. The highest BCUT2D eigenvalue weighted by atomic mass is 15.2. The first-order valence-corrected chi connectivity index (χ1v) is 7.70. The molecule has 2 aliphatic rings. The van der Waals surface area contributed by atoms with Crippen molar-refractivity contribution >= 4 is 5.82 Å². The Morgan fingerprint density at radius 3 is 2.74 bits per heavy atom. The van der Waals surface area contributed by atoms with Gasteiger partial charge < -0.3 is 10.6 Å². The van der Waals surface area contributed by atoms with E-state index in [0.717, 1.165) is 18.3 Å². The van der Waals surface area contributed by atoms with Crippen LogP contribution < -0.4 is 10.6 Å². The van der Waals surface area contributed by atoms with Gasteiger partial charge in [0, 0.05) is 12.5 Å². The van der Waals surface area contributed by atoms with E-state index in [9.17, 15) is 0 Å². The molecule has 104 valence electrons. The molecule has 0 bridgehead atoms. The molecule has 19 heavy (non-hydrogen) atoms. The van der Waals surface area contributed by atoms with E-state index in [-0.39, 0.29) is 0 Å². The van der Waals surface area contributed by atoms with Crippen LogP contribution in [0.25, 0.3) is 0 Å². The van der Waals surface area contributed by atoms with Gasteiger partial charge in [0.15, 0.2) is 0 Å². The molecule has 0 radical (unpaired) electrons. The Morgan fingerprint density at radius 1 is 1.16 bits per heavy atom. The number of piperidine rings is 1. The van der Waals surface area contributed by atoms with Crippen molar-refractivity contribution in [2.45, 2.75) is 44.4 Å². The molecule has 1 saturated carbocycles. The number of nitrogens with one attached hydrogen (secondary N) is 2. The maximum absolute atomic E-state index is 4.34. The minimum atomic E-state index is 0.676. The van der Waals surface area contributed by atoms with Crippen molar-refractivity contribution in [1.29, 1.82) is 0 Å². The molecule has 0 amide bonds. The van der Waals surface area contributed by atoms with Gasteiger partial charge in [-0.15, -0.1) is 5.10 Å². The number of anilines is 1. The summed E-state index contributed by atoms with van der Waals surface area (Å²) < 4.78 is 0. The zero-order valence-electron chi connectivity index (χ0n) is 11.6. The van der Waals surface area contributed by atoms with Crippen molar-refractivity contribution in [1.82, 2.24) is 15.5 Å². The first kappa shape index (κ1) is 12.9. The number of hydrogen-bond acceptors (Lipinski definition) is 4. The highest BCUT2D eigenvalue weighted by molar-refractivity contribution is 5.33. The lowest BCUT2D eigenvalue weighted by atomic mass is 9.83. The van der Waals surface area contributed by atoms with Gasteiger partial charge in [0.2, 0.25) is 0 Å². The molecular formula is C15H24N4. The predicted octanol–water partition coefficient (Wildman–Crippen LogP) is 2.55. The third-order valence-corrected chi connectivity index (χ3v) is 4.47. The van der Waals surface area contributed by atoms with Gasteiger partial charge in [0.1, 0.15) is 5.82 Å². The second kappa shape index (κ2) is 6.33. The molecule has 1 atom stereocenters. The molecule has 2 fully saturated rings. The summed E-state index contributed by atoms with van der Waals surface area (Å²) >= 11 is 0. The molecule has 1 saturated heterocycles. The van der Waals surface area contributed by atoms with Gasteiger partial charge in [0.05, 0.1) is 5.69 Å². The summed E-state index contributed by atoms with van der Waals surface area (Å²) in [5, 5.41) is 15.5. The zero-order chi connectivity index (χ0) is 12.9. The predicted molar refractivity (Wildman–Crippen MR) is 77.3 cm³/mol. The van der Waals surface area contributed by atoms with Gasteiger partial charge in [-0.25, -0.2) is 0 Å². The number of aromatic nitrogens is 2. The third-order valence-electron chi connectivity index (χ3n) is 4.47. The van der Waals surface area contributed by atoms with Crippen LogP contribution in [0.5, 0.6) is 0 Å². The average molecular weight is 260 g/mol. The largest absolute Gasteiger partial charge is 0.369 e. The van der Waals surface area contributed by atoms with Crippen molar-refractivity contribution in [2.24, 2.45) is 5.92 Å². The number of rotatable bonds is 5. The smallest absolute Gasteiger partial charge is 0.148 e. The van der Waals surface area contributed by atoms with E-state index < -0.39 is 0 Å². The third kappa shape index (κ3) is 3.44. The number of nitrogens with zero attached hydrogens (tertiary/aromatic N) is 2. The fourth-order valence-corrected chi connectivity index (χ4v) is 2.93. The van der Waals surface area contributed by atoms with E-state index in [1.807, 2.05) is 0 Å². The fraction of sp³-hybridized carbons (Fsp3) is 0.733. The van der Waals surface area contributed by atoms with Crippen LogP contribution in [0.1, 0.15) is 50.1 Å². The maximum atomic E-state index is 4.34. The standard InChI is InChI=1S/C15H24N4/c1-4-13(5-1)14-6-7-15(19-18-14)17-10-8-12-3-2-9-16-11-12/h6-7,12-13,16H,1-5,8-11H2,(H,17,19). The van der Waals surface area contributed by atoms with Gasteiger partial charge in [0.25, 0.3) is 0 Å². The van der Waals surface area contributed by atoms with E-state index in [2.05, 4.69) is 33.0 Å². The first-order chi connectivity index (χ1) is 9.42. The molecule has 0 spiro atoms. The topological polar surface area (TPSA) is 49.8 Å². The Hall–Kier alpha value is -1.16. The minimum Gasteiger partial charge on any atom is -0.369 e. The molecule has 1 aliphatic heterocycles. The summed E-state index contributed by atoms with van der Waals surface area (Å²) in [4.78, 5) is 0. The van der Waals surface area contributed by atoms with E-state index in [4.69, 9.17) is 0 Å². The zero-order valence-corrected chi connectivity index (χ0v) is 11.6. The molecular weight excluding hydrogens is 236 g/mol. The van der Waals surface area contributed by atoms with E-state index in [1.54, 1.807) is 0 Å². The molecule has 1 aliphatic carbocycles. The van der Waals surface area contributed by atoms with Gasteiger partial charge in [-0.05, 0) is 63.2 Å². The first-order valence-electron chi connectivity index (χ1n) is 7.70. The van der Waals surface area contributed by atoms with Crippen LogP contribution in [0.3, 0.4) is 0 Å². The summed E-state index contributed by atoms with van der Waals surface area (Å²) in [7, 11) is 0. The van der Waals surface area contributed by atoms with Crippen LogP contribution in [0, 0.1) is 5.92 Å². The Morgan fingerprint density at radius 2 is 2.11 bits per heavy atom. The summed E-state index contributed by atoms with van der Waals surface area (Å²) in [6.45, 7) is 3.37. The Labute approximate surface area is 115 Å². The van der Waals surface area contributed by atoms with Crippen LogP contribution in [0.4, 0.5) is 5.82 Å². The number of hydrogen-bond donors (Lipinski definition) is 2. The Bertz CT molecular complexity index is 380. The summed E-state index contributed by atoms with van der Waals surface area (Å²) in [5.74, 6) is 2.42. The van der Waals surface area contributed by atoms with Gasteiger partial charge in [-0.1, -0.05) is 6.42 Å². The summed E-state index contributed by atoms with van der Waals surface area (Å²) in [6.07, 6.45) is 7.83. The molecule has 4 nitrogen and oxygen atoms in total. The van der Waals surface area contributed by atoms with E-state index >= 15 is 0 Å². The highest BCUT2D eigenvalue weighted by Crippen LogP contribution is 2.34. The summed E-state index contributed by atoms with van der Waals surface area (Å²) in [6, 6.07) is 4.22. The highest BCUT2D eigenvalue weighted by Gasteiger charge is 2.20. The average Bonchev–Trinajstić information content (AvgIpc) is 2.40. The van der Waals surface area contributed by atoms with Crippen LogP contribution in [0.15, 0.2) is 12.1 Å². The second-order valence-corrected chi connectivity index (χ2v) is 5.90. The van der Waals surface area contributed by atoms with Crippen molar-refractivity contribution in [3.05, 3.63) is 17.8 Å². The van der Waals surface area contributed by atoms with E-state index in [1.165, 1.54) is 57.3 Å². The fourth-order valence-electron chi connectivity index (χ4n) is 2.93. The molecule has 2 N–H and O–H groups in total. The summed E-state index contributed by atoms with van der Waals surface area (Å²) in [5.41, 5.74) is 1.17. The van der Waals surface area contributed by atoms with Gasteiger partial charge in [-0.2, -0.15) is 5.10 Å². The Balaban J connectivity index is 1.41. The minimum absolute atomic E-state index is 0.676. The van der Waals surface area contributed by atoms with Crippen molar-refractivity contribution in [3.63, 3.8) is 0 Å².